The Morgan fingerprint density at radius 1 is 1.47 bits per heavy atom. The average Bonchev–Trinajstić information content (AvgIpc) is 2.74. The number of nitro groups is 1. The summed E-state index contributed by atoms with van der Waals surface area (Å²) in [4.78, 5) is 23.0. The predicted octanol–water partition coefficient (Wildman–Crippen LogP) is 2.95. The highest BCUT2D eigenvalue weighted by Gasteiger charge is 2.29. The quantitative estimate of drug-likeness (QED) is 0.527. The molecule has 5 nitrogen and oxygen atoms in total. The number of alkyl halides is 1. The zero-order chi connectivity index (χ0) is 14.0. The molecule has 1 aromatic carbocycles. The first-order valence-electron chi connectivity index (χ1n) is 6.19. The number of hydrogen-bond acceptors (Lipinski definition) is 3. The van der Waals surface area contributed by atoms with Crippen LogP contribution in [0.3, 0.4) is 0 Å². The molecule has 2 rings (SSSR count). The van der Waals surface area contributed by atoms with Gasteiger partial charge in [0.15, 0.2) is 0 Å². The van der Waals surface area contributed by atoms with Gasteiger partial charge in [0.05, 0.1) is 4.92 Å². The van der Waals surface area contributed by atoms with Crippen LogP contribution < -0.4 is 5.32 Å². The number of aryl methyl sites for hydroxylation is 1. The number of rotatable bonds is 3. The van der Waals surface area contributed by atoms with Gasteiger partial charge >= 0.3 is 0 Å². The van der Waals surface area contributed by atoms with Gasteiger partial charge in [0.1, 0.15) is 5.56 Å². The van der Waals surface area contributed by atoms with E-state index in [4.69, 9.17) is 0 Å². The lowest BCUT2D eigenvalue weighted by Gasteiger charge is -2.16. The van der Waals surface area contributed by atoms with Crippen molar-refractivity contribution in [2.45, 2.75) is 37.1 Å². The fourth-order valence-electron chi connectivity index (χ4n) is 2.41. The summed E-state index contributed by atoms with van der Waals surface area (Å²) in [6, 6.07) is 4.85. The number of halogens is 1. The third-order valence-corrected chi connectivity index (χ3v) is 4.51. The minimum absolute atomic E-state index is 0.0487. The SMILES string of the molecule is Cc1cccc(C(=O)NC2CCCC2Br)c1[N+](=O)[O-]. The van der Waals surface area contributed by atoms with Crippen molar-refractivity contribution in [3.63, 3.8) is 0 Å². The molecule has 0 heterocycles. The van der Waals surface area contributed by atoms with Gasteiger partial charge in [-0.1, -0.05) is 34.5 Å². The summed E-state index contributed by atoms with van der Waals surface area (Å²) in [5.41, 5.74) is 0.528. The average molecular weight is 327 g/mol. The molecule has 102 valence electrons. The molecule has 1 fully saturated rings. The van der Waals surface area contributed by atoms with Crippen LogP contribution in [0.2, 0.25) is 0 Å². The highest BCUT2D eigenvalue weighted by Crippen LogP contribution is 2.27. The number of carbonyl (C=O) groups is 1. The van der Waals surface area contributed by atoms with Gasteiger partial charge < -0.3 is 5.32 Å². The molecular formula is C13H15BrN2O3. The number of nitrogens with zero attached hydrogens (tertiary/aromatic N) is 1. The molecule has 6 heteroatoms. The zero-order valence-corrected chi connectivity index (χ0v) is 12.1. The lowest BCUT2D eigenvalue weighted by Crippen LogP contribution is -2.38. The summed E-state index contributed by atoms with van der Waals surface area (Å²) in [6.45, 7) is 1.64. The molecule has 0 aromatic heterocycles. The molecule has 0 radical (unpaired) electrons. The van der Waals surface area contributed by atoms with Crippen molar-refractivity contribution in [2.75, 3.05) is 0 Å². The Labute approximate surface area is 119 Å². The number of amides is 1. The monoisotopic (exact) mass is 326 g/mol. The lowest BCUT2D eigenvalue weighted by atomic mass is 10.1. The van der Waals surface area contributed by atoms with E-state index in [9.17, 15) is 14.9 Å². The van der Waals surface area contributed by atoms with Gasteiger partial charge in [-0.3, -0.25) is 14.9 Å². The Bertz CT molecular complexity index is 519. The number of nitro benzene ring substituents is 1. The van der Waals surface area contributed by atoms with Crippen LogP contribution in [0, 0.1) is 17.0 Å². The molecule has 19 heavy (non-hydrogen) atoms. The Hall–Kier alpha value is -1.43. The summed E-state index contributed by atoms with van der Waals surface area (Å²) < 4.78 is 0. The van der Waals surface area contributed by atoms with Crippen LogP contribution in [-0.2, 0) is 0 Å². The molecule has 0 bridgehead atoms. The summed E-state index contributed by atoms with van der Waals surface area (Å²) in [5.74, 6) is -0.369. The largest absolute Gasteiger partial charge is 0.348 e. The number of nitrogens with one attached hydrogen (secondary N) is 1. The van der Waals surface area contributed by atoms with Crippen LogP contribution in [-0.4, -0.2) is 21.7 Å². The van der Waals surface area contributed by atoms with Crippen molar-refractivity contribution >= 4 is 27.5 Å². The third-order valence-electron chi connectivity index (χ3n) is 3.41. The van der Waals surface area contributed by atoms with Gasteiger partial charge in [-0.25, -0.2) is 0 Å². The van der Waals surface area contributed by atoms with Gasteiger partial charge in [-0.15, -0.1) is 0 Å². The van der Waals surface area contributed by atoms with Gasteiger partial charge in [0.25, 0.3) is 11.6 Å². The molecule has 0 saturated heterocycles. The summed E-state index contributed by atoms with van der Waals surface area (Å²) in [7, 11) is 0. The van der Waals surface area contributed by atoms with Crippen molar-refractivity contribution in [1.29, 1.82) is 0 Å². The molecule has 1 aliphatic carbocycles. The normalized spacial score (nSPS) is 22.2. The zero-order valence-electron chi connectivity index (χ0n) is 10.6. The first kappa shape index (κ1) is 14.0. The second kappa shape index (κ2) is 5.69. The molecule has 2 atom stereocenters. The maximum absolute atomic E-state index is 12.2. The van der Waals surface area contributed by atoms with E-state index in [1.54, 1.807) is 19.1 Å². The first-order valence-corrected chi connectivity index (χ1v) is 7.11. The summed E-state index contributed by atoms with van der Waals surface area (Å²) >= 11 is 3.52. The molecule has 0 aliphatic heterocycles. The van der Waals surface area contributed by atoms with E-state index in [1.165, 1.54) is 6.07 Å². The van der Waals surface area contributed by atoms with Crippen LogP contribution >= 0.6 is 15.9 Å². The number of para-hydroxylation sites is 1. The third kappa shape index (κ3) is 2.94. The molecule has 1 aliphatic rings. The second-order valence-corrected chi connectivity index (χ2v) is 5.93. The van der Waals surface area contributed by atoms with E-state index >= 15 is 0 Å². The number of carbonyl (C=O) groups excluding carboxylic acids is 1. The lowest BCUT2D eigenvalue weighted by molar-refractivity contribution is -0.385. The van der Waals surface area contributed by atoms with Crippen LogP contribution in [0.15, 0.2) is 18.2 Å². The maximum Gasteiger partial charge on any atom is 0.285 e. The molecule has 1 saturated carbocycles. The highest BCUT2D eigenvalue weighted by molar-refractivity contribution is 9.09. The van der Waals surface area contributed by atoms with E-state index in [0.29, 0.717) is 5.56 Å². The minimum atomic E-state index is -0.496. The second-order valence-electron chi connectivity index (χ2n) is 4.76. The van der Waals surface area contributed by atoms with Crippen LogP contribution in [0.25, 0.3) is 0 Å². The Balaban J connectivity index is 2.24. The number of benzene rings is 1. The van der Waals surface area contributed by atoms with Crippen LogP contribution in [0.1, 0.15) is 35.2 Å². The van der Waals surface area contributed by atoms with E-state index < -0.39 is 4.92 Å². The van der Waals surface area contributed by atoms with Crippen LogP contribution in [0.5, 0.6) is 0 Å². The topological polar surface area (TPSA) is 72.2 Å². The summed E-state index contributed by atoms with van der Waals surface area (Å²) in [6.07, 6.45) is 2.97. The molecule has 2 unspecified atom stereocenters. The van der Waals surface area contributed by atoms with Crippen molar-refractivity contribution in [3.8, 4) is 0 Å². The van der Waals surface area contributed by atoms with Gasteiger partial charge in [-0.2, -0.15) is 0 Å². The highest BCUT2D eigenvalue weighted by atomic mass is 79.9. The van der Waals surface area contributed by atoms with E-state index in [2.05, 4.69) is 21.2 Å². The Morgan fingerprint density at radius 3 is 2.79 bits per heavy atom. The van der Waals surface area contributed by atoms with Crippen molar-refractivity contribution < 1.29 is 9.72 Å². The van der Waals surface area contributed by atoms with E-state index in [-0.39, 0.29) is 28.0 Å². The minimum Gasteiger partial charge on any atom is -0.348 e. The fraction of sp³-hybridized carbons (Fsp3) is 0.462. The molecule has 1 amide bonds. The Kier molecular flexibility index (Phi) is 4.19. The predicted molar refractivity (Wildman–Crippen MR) is 75.7 cm³/mol. The molecule has 1 aromatic rings. The van der Waals surface area contributed by atoms with Gasteiger partial charge in [0.2, 0.25) is 0 Å². The smallest absolute Gasteiger partial charge is 0.285 e. The molecule has 1 N–H and O–H groups in total. The molecular weight excluding hydrogens is 312 g/mol. The fourth-order valence-corrected chi connectivity index (χ4v) is 3.13. The summed E-state index contributed by atoms with van der Waals surface area (Å²) in [5, 5.41) is 13.9. The van der Waals surface area contributed by atoms with Crippen LogP contribution in [0.4, 0.5) is 5.69 Å². The van der Waals surface area contributed by atoms with Crippen molar-refractivity contribution in [2.24, 2.45) is 0 Å². The first-order chi connectivity index (χ1) is 9.00. The Morgan fingerprint density at radius 2 is 2.21 bits per heavy atom. The maximum atomic E-state index is 12.2. The van der Waals surface area contributed by atoms with Gasteiger partial charge in [0, 0.05) is 16.4 Å². The van der Waals surface area contributed by atoms with E-state index in [0.717, 1.165) is 19.3 Å². The molecule has 0 spiro atoms. The van der Waals surface area contributed by atoms with Crippen molar-refractivity contribution in [3.05, 3.63) is 39.4 Å². The van der Waals surface area contributed by atoms with Crippen molar-refractivity contribution in [1.82, 2.24) is 5.32 Å². The number of hydrogen-bond donors (Lipinski definition) is 1. The standard InChI is InChI=1S/C13H15BrN2O3/c1-8-4-2-5-9(12(8)16(18)19)13(17)15-11-7-3-6-10(11)14/h2,4-5,10-11H,3,6-7H2,1H3,(H,15,17). The van der Waals surface area contributed by atoms with E-state index in [1.807, 2.05) is 0 Å². The van der Waals surface area contributed by atoms with Gasteiger partial charge in [-0.05, 0) is 25.8 Å².